The molecule has 0 aliphatic carbocycles. The molecule has 1 amide bonds. The molecular weight excluding hydrogens is 439 g/mol. The lowest BCUT2D eigenvalue weighted by atomic mass is 9.99. The molecule has 144 valence electrons. The summed E-state index contributed by atoms with van der Waals surface area (Å²) in [5, 5.41) is 3.50. The zero-order valence-corrected chi connectivity index (χ0v) is 18.2. The van der Waals surface area contributed by atoms with Gasteiger partial charge in [-0.05, 0) is 36.3 Å². The first kappa shape index (κ1) is 21.0. The molecular formula is C20H31IN4O. The summed E-state index contributed by atoms with van der Waals surface area (Å²) in [5.41, 5.74) is 2.44. The number of carbonyl (C=O) groups excluding carboxylic acids is 1. The molecule has 0 aromatic heterocycles. The van der Waals surface area contributed by atoms with Crippen molar-refractivity contribution in [2.45, 2.75) is 45.7 Å². The van der Waals surface area contributed by atoms with E-state index in [9.17, 15) is 4.79 Å². The van der Waals surface area contributed by atoms with Crippen molar-refractivity contribution in [2.24, 2.45) is 10.9 Å². The molecule has 0 spiro atoms. The van der Waals surface area contributed by atoms with Crippen LogP contribution < -0.4 is 5.32 Å². The van der Waals surface area contributed by atoms with Gasteiger partial charge in [0.1, 0.15) is 0 Å². The number of carbonyl (C=O) groups is 1. The van der Waals surface area contributed by atoms with E-state index in [1.807, 2.05) is 11.9 Å². The highest BCUT2D eigenvalue weighted by molar-refractivity contribution is 14.0. The monoisotopic (exact) mass is 470 g/mol. The zero-order chi connectivity index (χ0) is 17.6. The second-order valence-electron chi connectivity index (χ2n) is 7.31. The predicted molar refractivity (Wildman–Crippen MR) is 117 cm³/mol. The van der Waals surface area contributed by atoms with Crippen LogP contribution in [-0.2, 0) is 17.9 Å². The predicted octanol–water partition coefficient (Wildman–Crippen LogP) is 3.23. The van der Waals surface area contributed by atoms with Gasteiger partial charge in [-0.1, -0.05) is 31.2 Å². The van der Waals surface area contributed by atoms with Crippen molar-refractivity contribution in [2.75, 3.05) is 26.7 Å². The Kier molecular flexibility index (Phi) is 8.18. The summed E-state index contributed by atoms with van der Waals surface area (Å²) < 4.78 is 0. The van der Waals surface area contributed by atoms with Crippen molar-refractivity contribution in [3.63, 3.8) is 0 Å². The van der Waals surface area contributed by atoms with E-state index in [-0.39, 0.29) is 29.9 Å². The average Bonchev–Trinajstić information content (AvgIpc) is 3.02. The first-order valence-electron chi connectivity index (χ1n) is 9.47. The molecule has 1 aromatic rings. The van der Waals surface area contributed by atoms with E-state index in [0.29, 0.717) is 6.42 Å². The molecule has 5 nitrogen and oxygen atoms in total. The normalized spacial score (nSPS) is 18.8. The maximum Gasteiger partial charge on any atom is 0.222 e. The third-order valence-corrected chi connectivity index (χ3v) is 5.28. The van der Waals surface area contributed by atoms with Crippen LogP contribution in [0.15, 0.2) is 29.3 Å². The van der Waals surface area contributed by atoms with Gasteiger partial charge < -0.3 is 15.1 Å². The minimum atomic E-state index is 0. The third kappa shape index (κ3) is 5.59. The number of nitrogens with one attached hydrogen (secondary N) is 1. The van der Waals surface area contributed by atoms with E-state index >= 15 is 0 Å². The number of aliphatic imine (C=N–C) groups is 1. The van der Waals surface area contributed by atoms with Crippen LogP contribution >= 0.6 is 24.0 Å². The van der Waals surface area contributed by atoms with Crippen molar-refractivity contribution in [3.8, 4) is 0 Å². The van der Waals surface area contributed by atoms with Crippen LogP contribution in [-0.4, -0.2) is 48.3 Å². The Balaban J connectivity index is 0.00000243. The number of rotatable bonds is 4. The highest BCUT2D eigenvalue weighted by atomic mass is 127. The molecule has 6 heteroatoms. The lowest BCUT2D eigenvalue weighted by Gasteiger charge is -2.33. The SMILES string of the molecule is CN=C(NCc1cccc(CN2CCCC2=O)c1)N1CCC(C)CC1.I. The number of hydrogen-bond acceptors (Lipinski definition) is 2. The molecule has 2 heterocycles. The van der Waals surface area contributed by atoms with Gasteiger partial charge in [0.2, 0.25) is 5.91 Å². The molecule has 1 aromatic carbocycles. The van der Waals surface area contributed by atoms with Crippen LogP contribution in [0.25, 0.3) is 0 Å². The van der Waals surface area contributed by atoms with Crippen molar-refractivity contribution in [3.05, 3.63) is 35.4 Å². The molecule has 1 N–H and O–H groups in total. The third-order valence-electron chi connectivity index (χ3n) is 5.28. The fourth-order valence-corrected chi connectivity index (χ4v) is 3.66. The number of halogens is 1. The Morgan fingerprint density at radius 1 is 1.23 bits per heavy atom. The molecule has 3 rings (SSSR count). The van der Waals surface area contributed by atoms with E-state index in [1.165, 1.54) is 24.0 Å². The van der Waals surface area contributed by atoms with Crippen LogP contribution in [0.1, 0.15) is 43.7 Å². The molecule has 0 saturated carbocycles. The van der Waals surface area contributed by atoms with Crippen molar-refractivity contribution in [1.82, 2.24) is 15.1 Å². The number of guanidine groups is 1. The van der Waals surface area contributed by atoms with E-state index < -0.39 is 0 Å². The summed E-state index contributed by atoms with van der Waals surface area (Å²) in [5.74, 6) is 2.09. The van der Waals surface area contributed by atoms with E-state index in [0.717, 1.165) is 51.0 Å². The molecule has 2 aliphatic heterocycles. The van der Waals surface area contributed by atoms with Crippen LogP contribution in [0.4, 0.5) is 0 Å². The Morgan fingerprint density at radius 2 is 1.96 bits per heavy atom. The quantitative estimate of drug-likeness (QED) is 0.418. The van der Waals surface area contributed by atoms with Crippen molar-refractivity contribution < 1.29 is 4.79 Å². The van der Waals surface area contributed by atoms with Gasteiger partial charge >= 0.3 is 0 Å². The number of hydrogen-bond donors (Lipinski definition) is 1. The Labute approximate surface area is 174 Å². The fourth-order valence-electron chi connectivity index (χ4n) is 3.66. The molecule has 0 bridgehead atoms. The fraction of sp³-hybridized carbons (Fsp3) is 0.600. The van der Waals surface area contributed by atoms with Crippen LogP contribution in [0.2, 0.25) is 0 Å². The lowest BCUT2D eigenvalue weighted by molar-refractivity contribution is -0.128. The van der Waals surface area contributed by atoms with Crippen molar-refractivity contribution in [1.29, 1.82) is 0 Å². The number of amides is 1. The van der Waals surface area contributed by atoms with Crippen LogP contribution in [0, 0.1) is 5.92 Å². The van der Waals surface area contributed by atoms with Gasteiger partial charge in [-0.3, -0.25) is 9.79 Å². The summed E-state index contributed by atoms with van der Waals surface area (Å²) in [6.45, 7) is 6.87. The summed E-state index contributed by atoms with van der Waals surface area (Å²) in [6.07, 6.45) is 4.16. The van der Waals surface area contributed by atoms with E-state index in [4.69, 9.17) is 0 Å². The van der Waals surface area contributed by atoms with Gasteiger partial charge in [0, 0.05) is 46.2 Å². The second-order valence-corrected chi connectivity index (χ2v) is 7.31. The lowest BCUT2D eigenvalue weighted by Crippen LogP contribution is -2.45. The van der Waals surface area contributed by atoms with E-state index in [1.54, 1.807) is 0 Å². The molecule has 0 radical (unpaired) electrons. The van der Waals surface area contributed by atoms with Gasteiger partial charge in [0.05, 0.1) is 0 Å². The van der Waals surface area contributed by atoms with E-state index in [2.05, 4.69) is 46.4 Å². The topological polar surface area (TPSA) is 47.9 Å². The van der Waals surface area contributed by atoms with Crippen LogP contribution in [0.5, 0.6) is 0 Å². The molecule has 0 atom stereocenters. The minimum absolute atomic E-state index is 0. The summed E-state index contributed by atoms with van der Waals surface area (Å²) >= 11 is 0. The van der Waals surface area contributed by atoms with Gasteiger partial charge in [-0.2, -0.15) is 0 Å². The Bertz CT molecular complexity index is 626. The standard InChI is InChI=1S/C20H30N4O.HI/c1-16-8-11-23(12-9-16)20(21-2)22-14-17-5-3-6-18(13-17)15-24-10-4-7-19(24)25;/h3,5-6,13,16H,4,7-12,14-15H2,1-2H3,(H,21,22);1H. The second kappa shape index (κ2) is 10.1. The summed E-state index contributed by atoms with van der Waals surface area (Å²) in [7, 11) is 1.86. The van der Waals surface area contributed by atoms with Gasteiger partial charge in [0.25, 0.3) is 0 Å². The number of benzene rings is 1. The number of nitrogens with zero attached hydrogens (tertiary/aromatic N) is 3. The van der Waals surface area contributed by atoms with Crippen molar-refractivity contribution >= 4 is 35.8 Å². The summed E-state index contributed by atoms with van der Waals surface area (Å²) in [6, 6.07) is 8.52. The first-order chi connectivity index (χ1) is 12.2. The molecule has 26 heavy (non-hydrogen) atoms. The largest absolute Gasteiger partial charge is 0.352 e. The molecule has 0 unspecified atom stereocenters. The minimum Gasteiger partial charge on any atom is -0.352 e. The molecule has 2 aliphatic rings. The maximum absolute atomic E-state index is 11.8. The van der Waals surface area contributed by atoms with Gasteiger partial charge in [-0.15, -0.1) is 24.0 Å². The zero-order valence-electron chi connectivity index (χ0n) is 15.9. The Hall–Kier alpha value is -1.31. The number of likely N-dealkylation sites (tertiary alicyclic amines) is 2. The van der Waals surface area contributed by atoms with Crippen LogP contribution in [0.3, 0.4) is 0 Å². The maximum atomic E-state index is 11.8. The Morgan fingerprint density at radius 3 is 2.62 bits per heavy atom. The smallest absolute Gasteiger partial charge is 0.222 e. The average molecular weight is 470 g/mol. The molecule has 2 saturated heterocycles. The van der Waals surface area contributed by atoms with Gasteiger partial charge in [0.15, 0.2) is 5.96 Å². The summed E-state index contributed by atoms with van der Waals surface area (Å²) in [4.78, 5) is 20.6. The highest BCUT2D eigenvalue weighted by Gasteiger charge is 2.20. The molecule has 2 fully saturated rings. The number of piperidine rings is 1. The highest BCUT2D eigenvalue weighted by Crippen LogP contribution is 2.17. The first-order valence-corrected chi connectivity index (χ1v) is 9.47. The van der Waals surface area contributed by atoms with Gasteiger partial charge in [-0.25, -0.2) is 0 Å².